The lowest BCUT2D eigenvalue weighted by Gasteiger charge is -2.44. The minimum Gasteiger partial charge on any atom is -0.325 e. The Morgan fingerprint density at radius 1 is 0.792 bits per heavy atom. The third-order valence-electron chi connectivity index (χ3n) is 5.46. The molecule has 6 nitrogen and oxygen atoms in total. The van der Waals surface area contributed by atoms with Crippen LogP contribution in [0.4, 0.5) is 0 Å². The van der Waals surface area contributed by atoms with Gasteiger partial charge < -0.3 is 9.80 Å². The normalized spacial score (nSPS) is 30.1. The molecule has 0 bridgehead atoms. The van der Waals surface area contributed by atoms with Gasteiger partial charge in [-0.05, 0) is 38.3 Å². The van der Waals surface area contributed by atoms with Crippen molar-refractivity contribution >= 4 is 46.5 Å². The Morgan fingerprint density at radius 3 is 1.33 bits per heavy atom. The zero-order valence-corrected chi connectivity index (χ0v) is 17.2. The second kappa shape index (κ2) is 5.62. The van der Waals surface area contributed by atoms with Crippen molar-refractivity contribution in [3.05, 3.63) is 0 Å². The van der Waals surface area contributed by atoms with Gasteiger partial charge in [-0.3, -0.25) is 19.4 Å². The Kier molecular flexibility index (Phi) is 4.46. The molecule has 0 aromatic carbocycles. The molecule has 0 unspecified atom stereocenters. The SMILES string of the molecule is CC(C)C(=O)N1C(=S)N(C)C2(C)N(C)C(=S)N(C(=O)C(C)C)C12C. The number of nitrogens with zero attached hydrogens (tertiary/aromatic N) is 4. The maximum absolute atomic E-state index is 13.0. The summed E-state index contributed by atoms with van der Waals surface area (Å²) in [6, 6.07) is 0. The molecule has 2 rings (SSSR count). The maximum Gasteiger partial charge on any atom is 0.233 e. The van der Waals surface area contributed by atoms with E-state index in [4.69, 9.17) is 24.4 Å². The predicted octanol–water partition coefficient (Wildman–Crippen LogP) is 1.85. The molecule has 0 N–H and O–H groups in total. The fourth-order valence-electron chi connectivity index (χ4n) is 3.56. The largest absolute Gasteiger partial charge is 0.325 e. The number of hydrogen-bond donors (Lipinski definition) is 0. The van der Waals surface area contributed by atoms with Crippen LogP contribution in [-0.2, 0) is 9.59 Å². The molecule has 2 fully saturated rings. The molecule has 0 aliphatic carbocycles. The summed E-state index contributed by atoms with van der Waals surface area (Å²) < 4.78 is 0. The van der Waals surface area contributed by atoms with Crippen LogP contribution in [0, 0.1) is 11.8 Å². The van der Waals surface area contributed by atoms with E-state index in [1.54, 1.807) is 9.80 Å². The van der Waals surface area contributed by atoms with Gasteiger partial charge in [-0.25, -0.2) is 0 Å². The van der Waals surface area contributed by atoms with Crippen molar-refractivity contribution in [1.29, 1.82) is 0 Å². The van der Waals surface area contributed by atoms with Crippen LogP contribution in [0.25, 0.3) is 0 Å². The standard InChI is InChI=1S/C16H26N4O2S2/c1-9(2)11(21)19-13(23)17(7)15(5)16(19,6)20(12(22)10(3)4)14(24)18(15)8/h9-10H,1-8H3. The van der Waals surface area contributed by atoms with Crippen LogP contribution in [0.15, 0.2) is 0 Å². The Balaban J connectivity index is 2.75. The first-order valence-electron chi connectivity index (χ1n) is 8.08. The number of rotatable bonds is 2. The van der Waals surface area contributed by atoms with Gasteiger partial charge in [0.2, 0.25) is 11.8 Å². The summed E-state index contributed by atoms with van der Waals surface area (Å²) in [4.78, 5) is 32.8. The van der Waals surface area contributed by atoms with Crippen molar-refractivity contribution in [3.63, 3.8) is 0 Å². The zero-order valence-electron chi connectivity index (χ0n) is 15.6. The van der Waals surface area contributed by atoms with Crippen LogP contribution < -0.4 is 0 Å². The van der Waals surface area contributed by atoms with Crippen molar-refractivity contribution in [3.8, 4) is 0 Å². The number of carbonyl (C=O) groups is 2. The van der Waals surface area contributed by atoms with Crippen LogP contribution in [0.3, 0.4) is 0 Å². The predicted molar refractivity (Wildman–Crippen MR) is 101 cm³/mol. The van der Waals surface area contributed by atoms with Crippen molar-refractivity contribution in [2.45, 2.75) is 52.9 Å². The Bertz CT molecular complexity index is 586. The molecule has 0 radical (unpaired) electrons. The van der Waals surface area contributed by atoms with Gasteiger partial charge in [0.15, 0.2) is 21.6 Å². The molecule has 0 aromatic rings. The summed E-state index contributed by atoms with van der Waals surface area (Å²) in [6.45, 7) is 11.2. The van der Waals surface area contributed by atoms with Crippen LogP contribution >= 0.6 is 24.4 Å². The quantitative estimate of drug-likeness (QED) is 0.692. The Hall–Kier alpha value is -1.28. The summed E-state index contributed by atoms with van der Waals surface area (Å²) in [5.74, 6) is -0.715. The molecule has 2 amide bonds. The Morgan fingerprint density at radius 2 is 1.08 bits per heavy atom. The third kappa shape index (κ3) is 1.98. The fraction of sp³-hybridized carbons (Fsp3) is 0.750. The van der Waals surface area contributed by atoms with Gasteiger partial charge in [-0.1, -0.05) is 27.7 Å². The minimum atomic E-state index is -0.993. The average Bonchev–Trinajstić information content (AvgIpc) is 2.74. The molecule has 24 heavy (non-hydrogen) atoms. The van der Waals surface area contributed by atoms with E-state index in [-0.39, 0.29) is 23.7 Å². The first-order valence-corrected chi connectivity index (χ1v) is 8.90. The highest BCUT2D eigenvalue weighted by molar-refractivity contribution is 7.80. The number of carbonyl (C=O) groups excluding carboxylic acids is 2. The number of likely N-dealkylation sites (N-methyl/N-ethyl adjacent to an activating group) is 2. The van der Waals surface area contributed by atoms with E-state index in [1.807, 2.05) is 65.4 Å². The smallest absolute Gasteiger partial charge is 0.233 e. The second-order valence-corrected chi connectivity index (χ2v) is 8.11. The average molecular weight is 371 g/mol. The summed E-state index contributed by atoms with van der Waals surface area (Å²) in [5.41, 5.74) is -1.72. The number of hydrogen-bond acceptors (Lipinski definition) is 4. The number of thiocarbonyl (C=S) groups is 2. The van der Waals surface area contributed by atoms with E-state index in [0.29, 0.717) is 10.2 Å². The monoisotopic (exact) mass is 370 g/mol. The van der Waals surface area contributed by atoms with E-state index in [0.717, 1.165) is 0 Å². The van der Waals surface area contributed by atoms with Gasteiger partial charge in [-0.15, -0.1) is 0 Å². The van der Waals surface area contributed by atoms with Gasteiger partial charge in [0, 0.05) is 25.9 Å². The molecular formula is C16H26N4O2S2. The van der Waals surface area contributed by atoms with E-state index in [2.05, 4.69) is 0 Å². The van der Waals surface area contributed by atoms with Gasteiger partial charge in [0.25, 0.3) is 0 Å². The molecule has 2 saturated heterocycles. The van der Waals surface area contributed by atoms with Crippen LogP contribution in [0.1, 0.15) is 41.5 Å². The number of fused-ring (bicyclic) bond motifs is 1. The van der Waals surface area contributed by atoms with Crippen molar-refractivity contribution in [2.24, 2.45) is 11.8 Å². The fourth-order valence-corrected chi connectivity index (χ4v) is 4.45. The van der Waals surface area contributed by atoms with E-state index in [9.17, 15) is 9.59 Å². The van der Waals surface area contributed by atoms with E-state index in [1.165, 1.54) is 0 Å². The summed E-state index contributed by atoms with van der Waals surface area (Å²) in [5, 5.41) is 0.823. The molecule has 2 aliphatic heterocycles. The molecule has 134 valence electrons. The highest BCUT2D eigenvalue weighted by atomic mass is 32.1. The first-order chi connectivity index (χ1) is 10.8. The van der Waals surface area contributed by atoms with Crippen molar-refractivity contribution in [1.82, 2.24) is 19.6 Å². The lowest BCUT2D eigenvalue weighted by Crippen LogP contribution is -2.66. The topological polar surface area (TPSA) is 47.1 Å². The summed E-state index contributed by atoms with van der Waals surface area (Å²) in [6.07, 6.45) is 0. The van der Waals surface area contributed by atoms with Crippen LogP contribution in [0.2, 0.25) is 0 Å². The molecule has 2 aliphatic rings. The minimum absolute atomic E-state index is 0.113. The summed E-state index contributed by atoms with van der Waals surface area (Å²) >= 11 is 11.2. The third-order valence-corrected chi connectivity index (χ3v) is 6.37. The molecular weight excluding hydrogens is 344 g/mol. The van der Waals surface area contributed by atoms with Gasteiger partial charge >= 0.3 is 0 Å². The molecule has 0 spiro atoms. The molecule has 0 atom stereocenters. The van der Waals surface area contributed by atoms with Crippen molar-refractivity contribution < 1.29 is 9.59 Å². The highest BCUT2D eigenvalue weighted by Gasteiger charge is 2.73. The zero-order chi connectivity index (χ0) is 18.8. The highest BCUT2D eigenvalue weighted by Crippen LogP contribution is 2.51. The number of amides is 2. The second-order valence-electron chi connectivity index (χ2n) is 7.38. The Labute approximate surface area is 154 Å². The molecule has 8 heteroatoms. The van der Waals surface area contributed by atoms with Gasteiger partial charge in [-0.2, -0.15) is 0 Å². The van der Waals surface area contributed by atoms with E-state index < -0.39 is 11.3 Å². The molecule has 0 aromatic heterocycles. The summed E-state index contributed by atoms with van der Waals surface area (Å²) in [7, 11) is 3.69. The van der Waals surface area contributed by atoms with Crippen LogP contribution in [-0.4, -0.2) is 67.1 Å². The lowest BCUT2D eigenvalue weighted by molar-refractivity contribution is -0.149. The first kappa shape index (κ1) is 19.1. The maximum atomic E-state index is 13.0. The van der Waals surface area contributed by atoms with Crippen LogP contribution in [0.5, 0.6) is 0 Å². The van der Waals surface area contributed by atoms with Gasteiger partial charge in [0.1, 0.15) is 0 Å². The lowest BCUT2D eigenvalue weighted by atomic mass is 9.93. The van der Waals surface area contributed by atoms with Crippen molar-refractivity contribution in [2.75, 3.05) is 14.1 Å². The van der Waals surface area contributed by atoms with E-state index >= 15 is 0 Å². The van der Waals surface area contributed by atoms with Gasteiger partial charge in [0.05, 0.1) is 0 Å². The molecule has 0 saturated carbocycles. The molecule has 2 heterocycles.